The van der Waals surface area contributed by atoms with Crippen molar-refractivity contribution in [1.29, 1.82) is 0 Å². The van der Waals surface area contributed by atoms with Crippen LogP contribution >= 0.6 is 11.6 Å². The van der Waals surface area contributed by atoms with Gasteiger partial charge in [0, 0.05) is 6.20 Å². The molecule has 0 spiro atoms. The lowest BCUT2D eigenvalue weighted by Crippen LogP contribution is -2.01. The molecule has 1 aromatic carbocycles. The van der Waals surface area contributed by atoms with Crippen LogP contribution in [-0.4, -0.2) is 10.9 Å². The van der Waals surface area contributed by atoms with E-state index in [4.69, 9.17) is 11.6 Å². The van der Waals surface area contributed by atoms with Crippen LogP contribution in [0.5, 0.6) is 0 Å². The monoisotopic (exact) mass is 223 g/mol. The molecule has 0 atom stereocenters. The molecule has 0 aliphatic heterocycles. The number of aldehydes is 1. The fourth-order valence-electron chi connectivity index (χ4n) is 1.41. The van der Waals surface area contributed by atoms with Crippen molar-refractivity contribution in [2.45, 2.75) is 0 Å². The fraction of sp³-hybridized carbons (Fsp3) is 0. The van der Waals surface area contributed by atoms with E-state index in [2.05, 4.69) is 0 Å². The van der Waals surface area contributed by atoms with E-state index >= 15 is 0 Å². The Balaban J connectivity index is 2.68. The highest BCUT2D eigenvalue weighted by atomic mass is 35.5. The molecule has 2 nitrogen and oxygen atoms in total. The highest BCUT2D eigenvalue weighted by Gasteiger charge is 2.11. The maximum absolute atomic E-state index is 13.5. The van der Waals surface area contributed by atoms with E-state index in [-0.39, 0.29) is 10.7 Å². The lowest BCUT2D eigenvalue weighted by atomic mass is 10.3. The Morgan fingerprint density at radius 2 is 2.07 bits per heavy atom. The largest absolute Gasteiger partial charge is 0.310 e. The Hall–Kier alpha value is -1.61. The summed E-state index contributed by atoms with van der Waals surface area (Å²) in [5.74, 6) is -0.457. The Bertz CT molecular complexity index is 487. The van der Waals surface area contributed by atoms with Gasteiger partial charge in [-0.1, -0.05) is 17.7 Å². The molecule has 0 saturated heterocycles. The number of hydrogen-bond acceptors (Lipinski definition) is 1. The molecule has 0 unspecified atom stereocenters. The Morgan fingerprint density at radius 1 is 1.27 bits per heavy atom. The molecule has 0 N–H and O–H groups in total. The van der Waals surface area contributed by atoms with Gasteiger partial charge >= 0.3 is 0 Å². The summed E-state index contributed by atoms with van der Waals surface area (Å²) in [4.78, 5) is 10.7. The van der Waals surface area contributed by atoms with Gasteiger partial charge in [-0.05, 0) is 24.3 Å². The molecule has 0 aliphatic carbocycles. The predicted molar refractivity (Wildman–Crippen MR) is 56.1 cm³/mol. The molecule has 2 aromatic rings. The Labute approximate surface area is 90.9 Å². The van der Waals surface area contributed by atoms with Crippen molar-refractivity contribution in [2.75, 3.05) is 0 Å². The van der Waals surface area contributed by atoms with Crippen molar-refractivity contribution in [3.63, 3.8) is 0 Å². The number of rotatable bonds is 2. The number of carbonyl (C=O) groups is 1. The van der Waals surface area contributed by atoms with Gasteiger partial charge in [0.2, 0.25) is 0 Å². The van der Waals surface area contributed by atoms with Gasteiger partial charge in [0.1, 0.15) is 11.5 Å². The first kappa shape index (κ1) is 9.93. The molecule has 2 rings (SSSR count). The van der Waals surface area contributed by atoms with Crippen LogP contribution in [0.25, 0.3) is 5.69 Å². The van der Waals surface area contributed by atoms with Crippen LogP contribution in [-0.2, 0) is 0 Å². The number of carbonyl (C=O) groups excluding carboxylic acids is 1. The molecule has 76 valence electrons. The highest BCUT2D eigenvalue weighted by Crippen LogP contribution is 2.24. The minimum atomic E-state index is -0.457. The first-order chi connectivity index (χ1) is 7.24. The minimum absolute atomic E-state index is 0.200. The van der Waals surface area contributed by atoms with Crippen LogP contribution in [0, 0.1) is 5.82 Å². The van der Waals surface area contributed by atoms with Crippen molar-refractivity contribution in [3.05, 3.63) is 53.1 Å². The SMILES string of the molecule is O=Cc1cccn1-c1c(F)cccc1Cl. The lowest BCUT2D eigenvalue weighted by molar-refractivity contribution is 0.111. The summed E-state index contributed by atoms with van der Waals surface area (Å²) in [7, 11) is 0. The predicted octanol–water partition coefficient (Wildman–Crippen LogP) is 3.08. The molecule has 1 heterocycles. The third-order valence-electron chi connectivity index (χ3n) is 2.08. The average Bonchev–Trinajstić information content (AvgIpc) is 2.65. The van der Waals surface area contributed by atoms with Gasteiger partial charge in [0.15, 0.2) is 6.29 Å². The maximum Gasteiger partial charge on any atom is 0.166 e. The second kappa shape index (κ2) is 3.87. The van der Waals surface area contributed by atoms with Crippen molar-refractivity contribution < 1.29 is 9.18 Å². The van der Waals surface area contributed by atoms with E-state index in [9.17, 15) is 9.18 Å². The van der Waals surface area contributed by atoms with Crippen LogP contribution in [0.3, 0.4) is 0 Å². The van der Waals surface area contributed by atoms with Crippen LogP contribution < -0.4 is 0 Å². The molecule has 0 aliphatic rings. The minimum Gasteiger partial charge on any atom is -0.310 e. The molecule has 1 aromatic heterocycles. The third-order valence-corrected chi connectivity index (χ3v) is 2.38. The zero-order valence-electron chi connectivity index (χ0n) is 7.65. The van der Waals surface area contributed by atoms with E-state index in [1.54, 1.807) is 24.4 Å². The zero-order chi connectivity index (χ0) is 10.8. The van der Waals surface area contributed by atoms with Crippen LogP contribution in [0.1, 0.15) is 10.5 Å². The van der Waals surface area contributed by atoms with Crippen LogP contribution in [0.2, 0.25) is 5.02 Å². The molecule has 0 radical (unpaired) electrons. The summed E-state index contributed by atoms with van der Waals surface area (Å²) >= 11 is 5.87. The molecular formula is C11H7ClFNO. The summed E-state index contributed by atoms with van der Waals surface area (Å²) in [5.41, 5.74) is 0.563. The van der Waals surface area contributed by atoms with E-state index in [0.717, 1.165) is 0 Å². The number of benzene rings is 1. The van der Waals surface area contributed by atoms with Crippen LogP contribution in [0.4, 0.5) is 4.39 Å². The summed E-state index contributed by atoms with van der Waals surface area (Å²) in [6.07, 6.45) is 2.25. The van der Waals surface area contributed by atoms with Crippen molar-refractivity contribution in [3.8, 4) is 5.69 Å². The molecule has 0 bridgehead atoms. The van der Waals surface area contributed by atoms with Gasteiger partial charge in [-0.15, -0.1) is 0 Å². The second-order valence-electron chi connectivity index (χ2n) is 2.99. The third kappa shape index (κ3) is 1.66. The number of para-hydroxylation sites is 1. The average molecular weight is 224 g/mol. The second-order valence-corrected chi connectivity index (χ2v) is 3.40. The standard InChI is InChI=1S/C11H7ClFNO/c12-9-4-1-5-10(13)11(9)14-6-2-3-8(14)7-15/h1-7H. The Kier molecular flexibility index (Phi) is 2.56. The molecular weight excluding hydrogens is 217 g/mol. The fourth-order valence-corrected chi connectivity index (χ4v) is 1.67. The smallest absolute Gasteiger partial charge is 0.166 e. The number of hydrogen-bond donors (Lipinski definition) is 0. The highest BCUT2D eigenvalue weighted by molar-refractivity contribution is 6.32. The van der Waals surface area contributed by atoms with Crippen molar-refractivity contribution >= 4 is 17.9 Å². The van der Waals surface area contributed by atoms with E-state index in [1.165, 1.54) is 16.7 Å². The summed E-state index contributed by atoms with van der Waals surface area (Å²) in [6, 6.07) is 7.65. The zero-order valence-corrected chi connectivity index (χ0v) is 8.41. The van der Waals surface area contributed by atoms with E-state index in [1.807, 2.05) is 0 Å². The molecule has 0 saturated carbocycles. The van der Waals surface area contributed by atoms with E-state index < -0.39 is 5.82 Å². The van der Waals surface area contributed by atoms with Gasteiger partial charge in [0.25, 0.3) is 0 Å². The summed E-state index contributed by atoms with van der Waals surface area (Å²) in [5, 5.41) is 0.273. The molecule has 0 amide bonds. The first-order valence-electron chi connectivity index (χ1n) is 4.31. The van der Waals surface area contributed by atoms with Crippen molar-refractivity contribution in [1.82, 2.24) is 4.57 Å². The van der Waals surface area contributed by atoms with Gasteiger partial charge in [0.05, 0.1) is 10.7 Å². The number of halogens is 2. The molecule has 4 heteroatoms. The van der Waals surface area contributed by atoms with Gasteiger partial charge < -0.3 is 4.57 Å². The number of nitrogens with zero attached hydrogens (tertiary/aromatic N) is 1. The van der Waals surface area contributed by atoms with Gasteiger partial charge in [-0.3, -0.25) is 4.79 Å². The quantitative estimate of drug-likeness (QED) is 0.717. The molecule has 15 heavy (non-hydrogen) atoms. The number of aromatic nitrogens is 1. The lowest BCUT2D eigenvalue weighted by Gasteiger charge is -2.08. The Morgan fingerprint density at radius 3 is 2.73 bits per heavy atom. The van der Waals surface area contributed by atoms with Gasteiger partial charge in [-0.25, -0.2) is 4.39 Å². The summed E-state index contributed by atoms with van der Waals surface area (Å²) < 4.78 is 14.9. The first-order valence-corrected chi connectivity index (χ1v) is 4.69. The normalized spacial score (nSPS) is 10.3. The topological polar surface area (TPSA) is 22.0 Å². The van der Waals surface area contributed by atoms with Gasteiger partial charge in [-0.2, -0.15) is 0 Å². The van der Waals surface area contributed by atoms with E-state index in [0.29, 0.717) is 12.0 Å². The summed E-state index contributed by atoms with van der Waals surface area (Å²) in [6.45, 7) is 0. The molecule has 0 fully saturated rings. The van der Waals surface area contributed by atoms with Crippen molar-refractivity contribution in [2.24, 2.45) is 0 Å². The maximum atomic E-state index is 13.5. The van der Waals surface area contributed by atoms with Crippen LogP contribution in [0.15, 0.2) is 36.5 Å².